The molecule has 13 heteroatoms. The molecule has 2 aromatic rings. The van der Waals surface area contributed by atoms with Gasteiger partial charge in [-0.1, -0.05) is 0 Å². The fourth-order valence-corrected chi connectivity index (χ4v) is 4.46. The summed E-state index contributed by atoms with van der Waals surface area (Å²) >= 11 is 0. The molecule has 2 saturated carbocycles. The zero-order valence-corrected chi connectivity index (χ0v) is 19.4. The van der Waals surface area contributed by atoms with Crippen LogP contribution in [-0.4, -0.2) is 69.0 Å². The molecule has 0 aliphatic heterocycles. The van der Waals surface area contributed by atoms with Crippen LogP contribution in [0.3, 0.4) is 0 Å². The van der Waals surface area contributed by atoms with E-state index in [-0.39, 0.29) is 58.4 Å². The molecular formula is C21H26N6O6S. The van der Waals surface area contributed by atoms with E-state index in [4.69, 9.17) is 13.6 Å². The van der Waals surface area contributed by atoms with Crippen LogP contribution in [-0.2, 0) is 19.4 Å². The summed E-state index contributed by atoms with van der Waals surface area (Å²) in [6.07, 6.45) is 5.05. The molecular weight excluding hydrogens is 464 g/mol. The van der Waals surface area contributed by atoms with Crippen LogP contribution in [0.25, 0.3) is 0 Å². The fourth-order valence-electron chi connectivity index (χ4n) is 3.67. The third-order valence-electron chi connectivity index (χ3n) is 5.81. The number of hydrogen-bond donors (Lipinski definition) is 3. The normalized spacial score (nSPS) is 19.4. The van der Waals surface area contributed by atoms with E-state index in [1.165, 1.54) is 25.4 Å². The van der Waals surface area contributed by atoms with E-state index in [1.807, 2.05) is 5.32 Å². The van der Waals surface area contributed by atoms with Gasteiger partial charge < -0.3 is 25.4 Å². The molecule has 182 valence electrons. The molecule has 0 aromatic carbocycles. The third kappa shape index (κ3) is 5.09. The number of ether oxygens (including phenoxy) is 2. The molecule has 0 bridgehead atoms. The van der Waals surface area contributed by atoms with Crippen molar-refractivity contribution < 1.29 is 31.6 Å². The third-order valence-corrected chi connectivity index (χ3v) is 6.92. The van der Waals surface area contributed by atoms with Gasteiger partial charge in [-0.2, -0.15) is 0 Å². The minimum Gasteiger partial charge on any atom is -0.490 e. The SMILES string of the molecule is [2H]C([2H])([2H])NC(=O)c1nnc(NC(=O)[C@H]2CC23CC3)cc1Nc1ncc(OCCOC)cc1S(C)(=O)=O. The van der Waals surface area contributed by atoms with Crippen LogP contribution in [0.15, 0.2) is 23.2 Å². The number of rotatable bonds is 10. The van der Waals surface area contributed by atoms with Crippen molar-refractivity contribution in [2.45, 2.75) is 24.2 Å². The second kappa shape index (κ2) is 9.14. The van der Waals surface area contributed by atoms with Gasteiger partial charge in [0.15, 0.2) is 21.3 Å². The molecule has 0 unspecified atom stereocenters. The van der Waals surface area contributed by atoms with Crippen LogP contribution in [0.5, 0.6) is 5.75 Å². The summed E-state index contributed by atoms with van der Waals surface area (Å²) in [5.41, 5.74) is -0.463. The lowest BCUT2D eigenvalue weighted by molar-refractivity contribution is -0.117. The van der Waals surface area contributed by atoms with Gasteiger partial charge in [0.25, 0.3) is 5.91 Å². The molecule has 1 spiro atoms. The van der Waals surface area contributed by atoms with Crippen LogP contribution in [0.4, 0.5) is 17.3 Å². The number of nitrogens with zero attached hydrogens (tertiary/aromatic N) is 3. The molecule has 2 amide bonds. The highest BCUT2D eigenvalue weighted by Crippen LogP contribution is 2.70. The van der Waals surface area contributed by atoms with Crippen molar-refractivity contribution in [3.8, 4) is 5.75 Å². The van der Waals surface area contributed by atoms with E-state index in [2.05, 4.69) is 25.8 Å². The molecule has 0 radical (unpaired) electrons. The summed E-state index contributed by atoms with van der Waals surface area (Å²) in [5.74, 6) is -1.44. The van der Waals surface area contributed by atoms with Gasteiger partial charge in [0.05, 0.1) is 18.5 Å². The topological polar surface area (TPSA) is 162 Å². The van der Waals surface area contributed by atoms with Crippen molar-refractivity contribution in [3.63, 3.8) is 0 Å². The van der Waals surface area contributed by atoms with Gasteiger partial charge in [0, 0.05) is 42.5 Å². The molecule has 2 heterocycles. The number of anilines is 3. The van der Waals surface area contributed by atoms with Gasteiger partial charge in [-0.05, 0) is 24.7 Å². The minimum absolute atomic E-state index is 0.000980. The van der Waals surface area contributed by atoms with E-state index in [9.17, 15) is 18.0 Å². The molecule has 4 rings (SSSR count). The van der Waals surface area contributed by atoms with Crippen molar-refractivity contribution in [2.75, 3.05) is 44.2 Å². The second-order valence-corrected chi connectivity index (χ2v) is 10.3. The number of sulfone groups is 1. The number of aromatic nitrogens is 3. The maximum Gasteiger partial charge on any atom is 0.273 e. The summed E-state index contributed by atoms with van der Waals surface area (Å²) in [4.78, 5) is 29.1. The number of carbonyl (C=O) groups is 2. The predicted octanol–water partition coefficient (Wildman–Crippen LogP) is 1.14. The van der Waals surface area contributed by atoms with Crippen molar-refractivity contribution in [3.05, 3.63) is 24.0 Å². The van der Waals surface area contributed by atoms with Crippen LogP contribution >= 0.6 is 0 Å². The number of hydrogen-bond acceptors (Lipinski definition) is 10. The molecule has 2 aromatic heterocycles. The maximum atomic E-state index is 12.6. The van der Waals surface area contributed by atoms with Gasteiger partial charge >= 0.3 is 0 Å². The van der Waals surface area contributed by atoms with Gasteiger partial charge in [-0.15, -0.1) is 10.2 Å². The van der Waals surface area contributed by atoms with Crippen LogP contribution < -0.4 is 20.7 Å². The van der Waals surface area contributed by atoms with Crippen molar-refractivity contribution in [2.24, 2.45) is 11.3 Å². The lowest BCUT2D eigenvalue weighted by atomic mass is 10.2. The number of amides is 2. The summed E-state index contributed by atoms with van der Waals surface area (Å²) in [7, 11) is -2.35. The zero-order chi connectivity index (χ0) is 27.0. The van der Waals surface area contributed by atoms with Crippen LogP contribution in [0.2, 0.25) is 0 Å². The molecule has 2 aliphatic rings. The smallest absolute Gasteiger partial charge is 0.273 e. The molecule has 1 atom stereocenters. The predicted molar refractivity (Wildman–Crippen MR) is 122 cm³/mol. The highest BCUT2D eigenvalue weighted by atomic mass is 32.2. The number of nitrogens with one attached hydrogen (secondary N) is 3. The molecule has 0 saturated heterocycles. The first kappa shape index (κ1) is 20.1. The summed E-state index contributed by atoms with van der Waals surface area (Å²) in [5, 5.41) is 14.8. The Labute approximate surface area is 201 Å². The number of methoxy groups -OCH3 is 1. The molecule has 12 nitrogen and oxygen atoms in total. The quantitative estimate of drug-likeness (QED) is 0.409. The van der Waals surface area contributed by atoms with E-state index in [0.717, 1.165) is 25.5 Å². The van der Waals surface area contributed by atoms with Crippen LogP contribution in [0.1, 0.15) is 33.9 Å². The number of carbonyl (C=O) groups excluding carboxylic acids is 2. The Bertz CT molecular complexity index is 1330. The summed E-state index contributed by atoms with van der Waals surface area (Å²) in [6, 6.07) is 2.51. The van der Waals surface area contributed by atoms with E-state index < -0.39 is 28.4 Å². The lowest BCUT2D eigenvalue weighted by Crippen LogP contribution is -2.23. The van der Waals surface area contributed by atoms with Gasteiger partial charge in [0.1, 0.15) is 23.1 Å². The Morgan fingerprint density at radius 2 is 2.06 bits per heavy atom. The van der Waals surface area contributed by atoms with Crippen molar-refractivity contribution >= 4 is 39.0 Å². The van der Waals surface area contributed by atoms with Crippen molar-refractivity contribution in [1.82, 2.24) is 20.5 Å². The average Bonchev–Trinajstić information content (AvgIpc) is 3.72. The maximum absolute atomic E-state index is 12.6. The van der Waals surface area contributed by atoms with E-state index in [0.29, 0.717) is 0 Å². The Morgan fingerprint density at radius 3 is 2.71 bits per heavy atom. The molecule has 2 fully saturated rings. The Hall–Kier alpha value is -3.32. The largest absolute Gasteiger partial charge is 0.490 e. The summed E-state index contributed by atoms with van der Waals surface area (Å²) in [6.45, 7) is -2.38. The van der Waals surface area contributed by atoms with Crippen LogP contribution in [0, 0.1) is 11.3 Å². The van der Waals surface area contributed by atoms with E-state index >= 15 is 0 Å². The first-order valence-corrected chi connectivity index (χ1v) is 12.3. The van der Waals surface area contributed by atoms with Gasteiger partial charge in [-0.3, -0.25) is 9.59 Å². The highest BCUT2D eigenvalue weighted by Gasteiger charge is 2.65. The highest BCUT2D eigenvalue weighted by molar-refractivity contribution is 7.90. The monoisotopic (exact) mass is 493 g/mol. The molecule has 34 heavy (non-hydrogen) atoms. The Balaban J connectivity index is 1.66. The zero-order valence-electron chi connectivity index (χ0n) is 21.5. The van der Waals surface area contributed by atoms with E-state index in [1.54, 1.807) is 0 Å². The fraction of sp³-hybridized carbons (Fsp3) is 0.476. The average molecular weight is 494 g/mol. The molecule has 3 N–H and O–H groups in total. The summed E-state index contributed by atoms with van der Waals surface area (Å²) < 4.78 is 57.3. The lowest BCUT2D eigenvalue weighted by Gasteiger charge is -2.15. The first-order chi connectivity index (χ1) is 17.3. The molecule has 2 aliphatic carbocycles. The first-order valence-electron chi connectivity index (χ1n) is 11.9. The van der Waals surface area contributed by atoms with Gasteiger partial charge in [-0.25, -0.2) is 13.4 Å². The Kier molecular flexibility index (Phi) is 5.40. The van der Waals surface area contributed by atoms with Crippen molar-refractivity contribution in [1.29, 1.82) is 0 Å². The standard InChI is InChI=1S/C21H26N6O6S/c1-22-20(29)17-14(9-16(26-27-17)25-19(28)13-10-21(13)4-5-21)24-18-15(34(3,30)31)8-12(11-23-18)33-7-6-32-2/h8-9,11,13H,4-7,10H2,1-3H3,(H,22,29)(H2,23,24,25,26,28)/t13-/m1/s1/i1D3. The minimum atomic E-state index is -3.84. The van der Waals surface area contributed by atoms with Gasteiger partial charge in [0.2, 0.25) is 5.91 Å². The Morgan fingerprint density at radius 1 is 1.26 bits per heavy atom. The number of pyridine rings is 1. The second-order valence-electron chi connectivity index (χ2n) is 8.31.